The molecule has 0 atom stereocenters. The van der Waals surface area contributed by atoms with Crippen molar-refractivity contribution in [2.75, 3.05) is 0 Å². The molecular formula is C11H8ClN5. The fourth-order valence-electron chi connectivity index (χ4n) is 1.57. The minimum absolute atomic E-state index is 0.208. The quantitative estimate of drug-likeness (QED) is 0.617. The lowest BCUT2D eigenvalue weighted by Gasteiger charge is -2.02. The van der Waals surface area contributed by atoms with Gasteiger partial charge in [0.1, 0.15) is 0 Å². The molecule has 0 bridgehead atoms. The monoisotopic (exact) mass is 245 g/mol. The van der Waals surface area contributed by atoms with Gasteiger partial charge >= 0.3 is 0 Å². The van der Waals surface area contributed by atoms with Crippen molar-refractivity contribution in [2.24, 2.45) is 0 Å². The zero-order valence-electron chi connectivity index (χ0n) is 9.00. The minimum atomic E-state index is 0.208. The third kappa shape index (κ3) is 1.74. The fourth-order valence-corrected chi connectivity index (χ4v) is 1.70. The molecule has 0 aliphatic rings. The predicted molar refractivity (Wildman–Crippen MR) is 64.2 cm³/mol. The summed E-state index contributed by atoms with van der Waals surface area (Å²) in [6, 6.07) is 3.86. The molecule has 0 radical (unpaired) electrons. The number of aromatic nitrogens is 5. The van der Waals surface area contributed by atoms with E-state index in [1.807, 2.05) is 19.1 Å². The topological polar surface area (TPSA) is 56.5 Å². The maximum Gasteiger partial charge on any atom is 0.224 e. The highest BCUT2D eigenvalue weighted by Crippen LogP contribution is 2.16. The average Bonchev–Trinajstić information content (AvgIpc) is 2.73. The molecule has 5 nitrogen and oxygen atoms in total. The molecule has 84 valence electrons. The van der Waals surface area contributed by atoms with Crippen LogP contribution in [0.2, 0.25) is 5.28 Å². The number of hydrogen-bond acceptors (Lipinski definition) is 4. The standard InChI is InChI=1S/C11H8ClN5/c1-7-2-3-9(6-13-7)17-10-8(5-15-17)4-14-11(12)16-10/h2-6H,1H3. The van der Waals surface area contributed by atoms with Crippen LogP contribution in [0.3, 0.4) is 0 Å². The number of fused-ring (bicyclic) bond motifs is 1. The molecule has 0 aliphatic carbocycles. The van der Waals surface area contributed by atoms with E-state index in [2.05, 4.69) is 20.1 Å². The molecule has 6 heteroatoms. The van der Waals surface area contributed by atoms with E-state index in [9.17, 15) is 0 Å². The lowest BCUT2D eigenvalue weighted by Crippen LogP contribution is -1.99. The number of halogens is 1. The van der Waals surface area contributed by atoms with Gasteiger partial charge in [-0.15, -0.1) is 0 Å². The maximum absolute atomic E-state index is 5.78. The Hall–Kier alpha value is -2.01. The van der Waals surface area contributed by atoms with Gasteiger partial charge in [0.25, 0.3) is 0 Å². The minimum Gasteiger partial charge on any atom is -0.259 e. The van der Waals surface area contributed by atoms with Crippen LogP contribution in [-0.2, 0) is 0 Å². The third-order valence-electron chi connectivity index (χ3n) is 2.42. The Morgan fingerprint density at radius 1 is 1.12 bits per heavy atom. The van der Waals surface area contributed by atoms with Crippen LogP contribution in [0.4, 0.5) is 0 Å². The summed E-state index contributed by atoms with van der Waals surface area (Å²) >= 11 is 5.78. The van der Waals surface area contributed by atoms with Gasteiger partial charge < -0.3 is 0 Å². The summed E-state index contributed by atoms with van der Waals surface area (Å²) in [4.78, 5) is 12.3. The molecule has 0 aromatic carbocycles. The van der Waals surface area contributed by atoms with Crippen LogP contribution < -0.4 is 0 Å². The number of pyridine rings is 1. The van der Waals surface area contributed by atoms with E-state index < -0.39 is 0 Å². The van der Waals surface area contributed by atoms with Crippen LogP contribution in [0.1, 0.15) is 5.69 Å². The highest BCUT2D eigenvalue weighted by atomic mass is 35.5. The first-order valence-electron chi connectivity index (χ1n) is 5.03. The molecule has 0 saturated carbocycles. The van der Waals surface area contributed by atoms with Crippen molar-refractivity contribution in [3.05, 3.63) is 41.7 Å². The van der Waals surface area contributed by atoms with Crippen molar-refractivity contribution in [2.45, 2.75) is 6.92 Å². The molecule has 3 aromatic rings. The Kier molecular flexibility index (Phi) is 2.26. The van der Waals surface area contributed by atoms with Gasteiger partial charge in [0.05, 0.1) is 23.5 Å². The summed E-state index contributed by atoms with van der Waals surface area (Å²) in [6.07, 6.45) is 5.10. The van der Waals surface area contributed by atoms with Crippen molar-refractivity contribution < 1.29 is 0 Å². The molecule has 0 N–H and O–H groups in total. The summed E-state index contributed by atoms with van der Waals surface area (Å²) in [5, 5.41) is 5.30. The Balaban J connectivity index is 2.23. The largest absolute Gasteiger partial charge is 0.259 e. The fraction of sp³-hybridized carbons (Fsp3) is 0.0909. The van der Waals surface area contributed by atoms with Crippen LogP contribution in [-0.4, -0.2) is 24.7 Å². The second-order valence-corrected chi connectivity index (χ2v) is 3.97. The molecular weight excluding hydrogens is 238 g/mol. The molecule has 0 saturated heterocycles. The third-order valence-corrected chi connectivity index (χ3v) is 2.60. The van der Waals surface area contributed by atoms with E-state index in [1.165, 1.54) is 0 Å². The number of nitrogens with zero attached hydrogens (tertiary/aromatic N) is 5. The van der Waals surface area contributed by atoms with Gasteiger partial charge in [-0.3, -0.25) is 4.98 Å². The van der Waals surface area contributed by atoms with E-state index in [0.29, 0.717) is 5.65 Å². The summed E-state index contributed by atoms with van der Waals surface area (Å²) in [5.74, 6) is 0. The van der Waals surface area contributed by atoms with Crippen LogP contribution in [0.15, 0.2) is 30.7 Å². The van der Waals surface area contributed by atoms with Gasteiger partial charge in [-0.25, -0.2) is 9.67 Å². The Labute approximate surface area is 102 Å². The molecule has 0 amide bonds. The van der Waals surface area contributed by atoms with Crippen molar-refractivity contribution in [1.82, 2.24) is 24.7 Å². The van der Waals surface area contributed by atoms with E-state index in [-0.39, 0.29) is 5.28 Å². The summed E-state index contributed by atoms with van der Waals surface area (Å²) < 4.78 is 1.69. The van der Waals surface area contributed by atoms with Gasteiger partial charge in [-0.2, -0.15) is 10.1 Å². The number of hydrogen-bond donors (Lipinski definition) is 0. The average molecular weight is 246 g/mol. The molecule has 17 heavy (non-hydrogen) atoms. The zero-order chi connectivity index (χ0) is 11.8. The zero-order valence-corrected chi connectivity index (χ0v) is 9.76. The molecule has 0 unspecified atom stereocenters. The van der Waals surface area contributed by atoms with E-state index in [1.54, 1.807) is 23.3 Å². The highest BCUT2D eigenvalue weighted by molar-refractivity contribution is 6.28. The maximum atomic E-state index is 5.78. The van der Waals surface area contributed by atoms with Crippen molar-refractivity contribution in [3.63, 3.8) is 0 Å². The molecule has 0 spiro atoms. The Bertz CT molecular complexity index is 674. The summed E-state index contributed by atoms with van der Waals surface area (Å²) in [7, 11) is 0. The highest BCUT2D eigenvalue weighted by Gasteiger charge is 2.07. The van der Waals surface area contributed by atoms with Gasteiger partial charge in [-0.05, 0) is 30.7 Å². The second kappa shape index (κ2) is 3.78. The molecule has 3 rings (SSSR count). The van der Waals surface area contributed by atoms with Gasteiger partial charge in [-0.1, -0.05) is 0 Å². The smallest absolute Gasteiger partial charge is 0.224 e. The first-order valence-corrected chi connectivity index (χ1v) is 5.41. The van der Waals surface area contributed by atoms with Crippen LogP contribution in [0, 0.1) is 6.92 Å². The predicted octanol–water partition coefficient (Wildman–Crippen LogP) is 2.17. The Morgan fingerprint density at radius 2 is 2.00 bits per heavy atom. The van der Waals surface area contributed by atoms with Gasteiger partial charge in [0.2, 0.25) is 5.28 Å². The SMILES string of the molecule is Cc1ccc(-n2ncc3cnc(Cl)nc32)cn1. The van der Waals surface area contributed by atoms with Crippen LogP contribution in [0.25, 0.3) is 16.7 Å². The lowest BCUT2D eigenvalue weighted by atomic mass is 10.3. The second-order valence-electron chi connectivity index (χ2n) is 3.63. The molecule has 0 fully saturated rings. The van der Waals surface area contributed by atoms with Crippen molar-refractivity contribution in [1.29, 1.82) is 0 Å². The van der Waals surface area contributed by atoms with Crippen LogP contribution in [0.5, 0.6) is 0 Å². The number of aryl methyl sites for hydroxylation is 1. The summed E-state index contributed by atoms with van der Waals surface area (Å²) in [6.45, 7) is 1.93. The van der Waals surface area contributed by atoms with Gasteiger partial charge in [0.15, 0.2) is 5.65 Å². The van der Waals surface area contributed by atoms with Crippen molar-refractivity contribution >= 4 is 22.6 Å². The molecule has 3 aromatic heterocycles. The Morgan fingerprint density at radius 3 is 2.76 bits per heavy atom. The first-order chi connectivity index (χ1) is 8.24. The van der Waals surface area contributed by atoms with Gasteiger partial charge in [0, 0.05) is 11.9 Å². The number of rotatable bonds is 1. The molecule has 0 aliphatic heterocycles. The summed E-state index contributed by atoms with van der Waals surface area (Å²) in [5.41, 5.74) is 2.48. The first kappa shape index (κ1) is 10.2. The normalized spacial score (nSPS) is 10.9. The van der Waals surface area contributed by atoms with E-state index in [0.717, 1.165) is 16.8 Å². The lowest BCUT2D eigenvalue weighted by molar-refractivity contribution is 0.886. The van der Waals surface area contributed by atoms with Crippen molar-refractivity contribution in [3.8, 4) is 5.69 Å². The van der Waals surface area contributed by atoms with E-state index in [4.69, 9.17) is 11.6 Å². The van der Waals surface area contributed by atoms with E-state index >= 15 is 0 Å². The molecule has 3 heterocycles. The van der Waals surface area contributed by atoms with Crippen LogP contribution >= 0.6 is 11.6 Å².